The van der Waals surface area contributed by atoms with Gasteiger partial charge in [-0.3, -0.25) is 4.99 Å². The Balaban J connectivity index is 1.52. The molecule has 1 aliphatic rings. The smallest absolute Gasteiger partial charge is 0.191 e. The fourth-order valence-corrected chi connectivity index (χ4v) is 4.31. The van der Waals surface area contributed by atoms with Gasteiger partial charge in [0.25, 0.3) is 0 Å². The van der Waals surface area contributed by atoms with Crippen LogP contribution in [0.25, 0.3) is 0 Å². The molecule has 5 heteroatoms. The van der Waals surface area contributed by atoms with Gasteiger partial charge < -0.3 is 15.5 Å². The predicted octanol–water partition coefficient (Wildman–Crippen LogP) is 3.74. The Morgan fingerprint density at radius 3 is 2.30 bits per heavy atom. The minimum Gasteiger partial charge on any atom is -0.355 e. The van der Waals surface area contributed by atoms with E-state index in [2.05, 4.69) is 89.2 Å². The van der Waals surface area contributed by atoms with Gasteiger partial charge in [0, 0.05) is 36.3 Å². The van der Waals surface area contributed by atoms with Gasteiger partial charge in [-0.05, 0) is 50.2 Å². The van der Waals surface area contributed by atoms with Crippen LogP contribution in [-0.4, -0.2) is 43.3 Å². The monoisotopic (exact) mass is 382 g/mol. The van der Waals surface area contributed by atoms with Gasteiger partial charge in [0.1, 0.15) is 0 Å². The number of nitrogens with one attached hydrogen (secondary N) is 2. The van der Waals surface area contributed by atoms with Crippen molar-refractivity contribution in [2.24, 2.45) is 4.99 Å². The molecule has 0 saturated heterocycles. The van der Waals surface area contributed by atoms with E-state index in [0.29, 0.717) is 4.75 Å². The first kappa shape index (κ1) is 19.8. The summed E-state index contributed by atoms with van der Waals surface area (Å²) in [6.07, 6.45) is 2.50. The standard InChI is InChI=1S/C22H30N4S/c1-23-21(24-15-18-9-7-8-10-19(18)16-26(2)3)25-17-22(13-14-22)27-20-11-5-4-6-12-20/h4-12H,13-17H2,1-3H3,(H2,23,24,25). The molecule has 0 heterocycles. The summed E-state index contributed by atoms with van der Waals surface area (Å²) in [6.45, 7) is 2.66. The van der Waals surface area contributed by atoms with E-state index >= 15 is 0 Å². The molecule has 2 aromatic carbocycles. The van der Waals surface area contributed by atoms with Gasteiger partial charge in [-0.15, -0.1) is 11.8 Å². The molecular formula is C22H30N4S. The van der Waals surface area contributed by atoms with E-state index in [-0.39, 0.29) is 0 Å². The highest BCUT2D eigenvalue weighted by molar-refractivity contribution is 8.01. The first-order valence-corrected chi connectivity index (χ1v) is 10.3. The van der Waals surface area contributed by atoms with Crippen LogP contribution < -0.4 is 10.6 Å². The maximum atomic E-state index is 4.41. The predicted molar refractivity (Wildman–Crippen MR) is 116 cm³/mol. The molecule has 27 heavy (non-hydrogen) atoms. The van der Waals surface area contributed by atoms with Crippen molar-refractivity contribution in [2.75, 3.05) is 27.7 Å². The Morgan fingerprint density at radius 1 is 1.00 bits per heavy atom. The van der Waals surface area contributed by atoms with Crippen molar-refractivity contribution in [3.05, 3.63) is 65.7 Å². The summed E-state index contributed by atoms with van der Waals surface area (Å²) in [5, 5.41) is 7.01. The molecule has 2 N–H and O–H groups in total. The molecule has 0 spiro atoms. The SMILES string of the molecule is CN=C(NCc1ccccc1CN(C)C)NCC1(Sc2ccccc2)CC1. The highest BCUT2D eigenvalue weighted by Gasteiger charge is 2.43. The largest absolute Gasteiger partial charge is 0.355 e. The summed E-state index contributed by atoms with van der Waals surface area (Å²) < 4.78 is 0.307. The minimum atomic E-state index is 0.307. The van der Waals surface area contributed by atoms with Crippen molar-refractivity contribution >= 4 is 17.7 Å². The minimum absolute atomic E-state index is 0.307. The summed E-state index contributed by atoms with van der Waals surface area (Å²) in [5.74, 6) is 0.870. The van der Waals surface area contributed by atoms with Gasteiger partial charge in [0.05, 0.1) is 0 Å². The first-order chi connectivity index (χ1) is 13.1. The van der Waals surface area contributed by atoms with Crippen molar-refractivity contribution in [2.45, 2.75) is 35.6 Å². The summed E-state index contributed by atoms with van der Waals surface area (Å²) in [4.78, 5) is 7.95. The van der Waals surface area contributed by atoms with Gasteiger partial charge >= 0.3 is 0 Å². The normalized spacial score (nSPS) is 15.6. The van der Waals surface area contributed by atoms with E-state index in [9.17, 15) is 0 Å². The molecule has 4 nitrogen and oxygen atoms in total. The van der Waals surface area contributed by atoms with E-state index < -0.39 is 0 Å². The van der Waals surface area contributed by atoms with Gasteiger partial charge in [0.15, 0.2) is 5.96 Å². The number of hydrogen-bond acceptors (Lipinski definition) is 3. The van der Waals surface area contributed by atoms with Gasteiger partial charge in [-0.2, -0.15) is 0 Å². The third-order valence-corrected chi connectivity index (χ3v) is 6.23. The lowest BCUT2D eigenvalue weighted by Crippen LogP contribution is -2.41. The quantitative estimate of drug-likeness (QED) is 0.539. The highest BCUT2D eigenvalue weighted by Crippen LogP contribution is 2.51. The molecule has 1 aliphatic carbocycles. The maximum Gasteiger partial charge on any atom is 0.191 e. The number of hydrogen-bond donors (Lipinski definition) is 2. The topological polar surface area (TPSA) is 39.7 Å². The molecule has 0 radical (unpaired) electrons. The van der Waals surface area contributed by atoms with Crippen molar-refractivity contribution in [3.63, 3.8) is 0 Å². The zero-order valence-electron chi connectivity index (χ0n) is 16.5. The van der Waals surface area contributed by atoms with E-state index in [0.717, 1.165) is 25.6 Å². The third-order valence-electron chi connectivity index (χ3n) is 4.74. The summed E-state index contributed by atoms with van der Waals surface area (Å²) >= 11 is 1.98. The van der Waals surface area contributed by atoms with Crippen LogP contribution in [0.2, 0.25) is 0 Å². The molecule has 0 aromatic heterocycles. The highest BCUT2D eigenvalue weighted by atomic mass is 32.2. The molecule has 0 bridgehead atoms. The van der Waals surface area contributed by atoms with Crippen LogP contribution in [0.5, 0.6) is 0 Å². The fourth-order valence-electron chi connectivity index (χ4n) is 3.06. The van der Waals surface area contributed by atoms with E-state index in [1.807, 2.05) is 18.8 Å². The van der Waals surface area contributed by atoms with Crippen molar-refractivity contribution < 1.29 is 0 Å². The Kier molecular flexibility index (Phi) is 6.80. The molecular weight excluding hydrogens is 352 g/mol. The zero-order valence-corrected chi connectivity index (χ0v) is 17.4. The van der Waals surface area contributed by atoms with E-state index in [4.69, 9.17) is 0 Å². The van der Waals surface area contributed by atoms with Crippen LogP contribution in [0.4, 0.5) is 0 Å². The Morgan fingerprint density at radius 2 is 1.67 bits per heavy atom. The van der Waals surface area contributed by atoms with Crippen LogP contribution in [0.1, 0.15) is 24.0 Å². The number of aliphatic imine (C=N–C) groups is 1. The number of guanidine groups is 1. The number of rotatable bonds is 8. The second-order valence-electron chi connectivity index (χ2n) is 7.38. The lowest BCUT2D eigenvalue weighted by molar-refractivity contribution is 0.400. The average Bonchev–Trinajstić information content (AvgIpc) is 3.43. The first-order valence-electron chi connectivity index (χ1n) is 9.50. The third kappa shape index (κ3) is 6.01. The van der Waals surface area contributed by atoms with Crippen molar-refractivity contribution in [1.29, 1.82) is 0 Å². The molecule has 1 fully saturated rings. The summed E-state index contributed by atoms with van der Waals surface area (Å²) in [7, 11) is 6.04. The summed E-state index contributed by atoms with van der Waals surface area (Å²) in [5.41, 5.74) is 2.66. The lowest BCUT2D eigenvalue weighted by atomic mass is 10.1. The lowest BCUT2D eigenvalue weighted by Gasteiger charge is -2.19. The molecule has 3 rings (SSSR count). The Hall–Kier alpha value is -1.98. The van der Waals surface area contributed by atoms with Crippen LogP contribution >= 0.6 is 11.8 Å². The summed E-state index contributed by atoms with van der Waals surface area (Å²) in [6, 6.07) is 19.3. The second kappa shape index (κ2) is 9.29. The Labute approximate surface area is 167 Å². The maximum absolute atomic E-state index is 4.41. The van der Waals surface area contributed by atoms with E-state index in [1.165, 1.54) is 28.9 Å². The molecule has 1 saturated carbocycles. The molecule has 0 amide bonds. The Bertz CT molecular complexity index is 754. The van der Waals surface area contributed by atoms with Gasteiger partial charge in [-0.1, -0.05) is 42.5 Å². The molecule has 144 valence electrons. The van der Waals surface area contributed by atoms with Gasteiger partial charge in [0.2, 0.25) is 0 Å². The van der Waals surface area contributed by atoms with Crippen molar-refractivity contribution in [1.82, 2.24) is 15.5 Å². The second-order valence-corrected chi connectivity index (χ2v) is 8.93. The molecule has 0 unspecified atom stereocenters. The molecule has 0 aliphatic heterocycles. The van der Waals surface area contributed by atoms with Crippen LogP contribution in [0, 0.1) is 0 Å². The average molecular weight is 383 g/mol. The van der Waals surface area contributed by atoms with Crippen LogP contribution in [-0.2, 0) is 13.1 Å². The number of benzene rings is 2. The number of nitrogens with zero attached hydrogens (tertiary/aromatic N) is 2. The molecule has 0 atom stereocenters. The van der Waals surface area contributed by atoms with Crippen LogP contribution in [0.3, 0.4) is 0 Å². The zero-order chi connectivity index (χ0) is 19.1. The molecule has 2 aromatic rings. The van der Waals surface area contributed by atoms with Crippen LogP contribution in [0.15, 0.2) is 64.5 Å². The van der Waals surface area contributed by atoms with E-state index in [1.54, 1.807) is 0 Å². The number of thioether (sulfide) groups is 1. The van der Waals surface area contributed by atoms with Crippen molar-refractivity contribution in [3.8, 4) is 0 Å². The fraction of sp³-hybridized carbons (Fsp3) is 0.409. The van der Waals surface area contributed by atoms with Gasteiger partial charge in [-0.25, -0.2) is 0 Å².